The van der Waals surface area contributed by atoms with E-state index in [0.29, 0.717) is 11.8 Å². The van der Waals surface area contributed by atoms with E-state index >= 15 is 0 Å². The summed E-state index contributed by atoms with van der Waals surface area (Å²) in [5.74, 6) is 2.45. The highest BCUT2D eigenvalue weighted by atomic mass is 16.5. The van der Waals surface area contributed by atoms with Crippen molar-refractivity contribution in [3.8, 4) is 17.2 Å². The van der Waals surface area contributed by atoms with E-state index in [4.69, 9.17) is 9.47 Å². The van der Waals surface area contributed by atoms with Gasteiger partial charge in [-0.2, -0.15) is 0 Å². The molecule has 4 nitrogen and oxygen atoms in total. The number of ether oxygens (including phenoxy) is 2. The molecule has 1 aliphatic carbocycles. The van der Waals surface area contributed by atoms with Crippen molar-refractivity contribution >= 4 is 0 Å². The zero-order valence-corrected chi connectivity index (χ0v) is 18.6. The second-order valence-electron chi connectivity index (χ2n) is 8.72. The van der Waals surface area contributed by atoms with Crippen molar-refractivity contribution in [3.05, 3.63) is 53.1 Å². The van der Waals surface area contributed by atoms with E-state index in [1.54, 1.807) is 14.2 Å². The molecule has 0 spiro atoms. The van der Waals surface area contributed by atoms with E-state index in [1.165, 1.54) is 36.9 Å². The van der Waals surface area contributed by atoms with Crippen LogP contribution >= 0.6 is 0 Å². The van der Waals surface area contributed by atoms with Gasteiger partial charge < -0.3 is 19.1 Å². The van der Waals surface area contributed by atoms with Crippen LogP contribution in [0.5, 0.6) is 17.2 Å². The van der Waals surface area contributed by atoms with Gasteiger partial charge >= 0.3 is 0 Å². The summed E-state index contributed by atoms with van der Waals surface area (Å²) in [5.41, 5.74) is 3.76. The SMILES string of the molecule is CC[N@@+](C)(CC1CCC1)[C@@H](Cc1ccc(OC)c(O)c1)c1ccc(OC)cc1C. The second-order valence-corrected chi connectivity index (χ2v) is 8.72. The molecule has 4 heteroatoms. The third-order valence-corrected chi connectivity index (χ3v) is 6.88. The number of phenolic OH excluding ortho intramolecular Hbond substituents is 1. The van der Waals surface area contributed by atoms with Gasteiger partial charge in [0.25, 0.3) is 0 Å². The number of likely N-dealkylation sites (N-methyl/N-ethyl adjacent to an activating group) is 1. The summed E-state index contributed by atoms with van der Waals surface area (Å²) in [6, 6.07) is 12.6. The Morgan fingerprint density at radius 3 is 2.38 bits per heavy atom. The number of hydrogen-bond donors (Lipinski definition) is 1. The minimum Gasteiger partial charge on any atom is -0.504 e. The summed E-state index contributed by atoms with van der Waals surface area (Å²) in [6.45, 7) is 6.76. The Kier molecular flexibility index (Phi) is 6.74. The van der Waals surface area contributed by atoms with Crippen LogP contribution in [0.1, 0.15) is 48.9 Å². The third-order valence-electron chi connectivity index (χ3n) is 6.88. The highest BCUT2D eigenvalue weighted by molar-refractivity contribution is 5.43. The van der Waals surface area contributed by atoms with Crippen molar-refractivity contribution < 1.29 is 19.1 Å². The molecule has 0 amide bonds. The molecule has 2 aromatic carbocycles. The third kappa shape index (κ3) is 4.69. The molecule has 29 heavy (non-hydrogen) atoms. The van der Waals surface area contributed by atoms with Crippen LogP contribution in [0, 0.1) is 12.8 Å². The van der Waals surface area contributed by atoms with Crippen LogP contribution in [0.3, 0.4) is 0 Å². The van der Waals surface area contributed by atoms with Gasteiger partial charge in [0, 0.05) is 17.9 Å². The molecule has 3 rings (SSSR count). The smallest absolute Gasteiger partial charge is 0.160 e. The zero-order chi connectivity index (χ0) is 21.0. The van der Waals surface area contributed by atoms with Crippen molar-refractivity contribution in [2.45, 2.75) is 45.6 Å². The topological polar surface area (TPSA) is 38.7 Å². The Morgan fingerprint density at radius 1 is 1.10 bits per heavy atom. The molecule has 2 aromatic rings. The number of hydrogen-bond acceptors (Lipinski definition) is 3. The number of aromatic hydroxyl groups is 1. The molecule has 0 radical (unpaired) electrons. The fourth-order valence-corrected chi connectivity index (χ4v) is 4.64. The Morgan fingerprint density at radius 2 is 1.86 bits per heavy atom. The maximum absolute atomic E-state index is 10.3. The predicted octanol–water partition coefficient (Wildman–Crippen LogP) is 5.27. The quantitative estimate of drug-likeness (QED) is 0.585. The molecule has 0 bridgehead atoms. The molecular formula is C25H36NO3+. The first-order valence-electron chi connectivity index (χ1n) is 10.7. The molecule has 0 heterocycles. The average Bonchev–Trinajstić information content (AvgIpc) is 2.69. The van der Waals surface area contributed by atoms with Crippen LogP contribution in [0.25, 0.3) is 0 Å². The molecule has 2 atom stereocenters. The first-order valence-corrected chi connectivity index (χ1v) is 10.7. The molecule has 0 saturated heterocycles. The average molecular weight is 399 g/mol. The van der Waals surface area contributed by atoms with Crippen molar-refractivity contribution in [1.29, 1.82) is 0 Å². The predicted molar refractivity (Wildman–Crippen MR) is 118 cm³/mol. The van der Waals surface area contributed by atoms with Crippen LogP contribution in [0.4, 0.5) is 0 Å². The normalized spacial score (nSPS) is 17.3. The van der Waals surface area contributed by atoms with Gasteiger partial charge in [-0.3, -0.25) is 0 Å². The summed E-state index contributed by atoms with van der Waals surface area (Å²) in [7, 11) is 5.70. The van der Waals surface area contributed by atoms with Gasteiger partial charge in [0.2, 0.25) is 0 Å². The van der Waals surface area contributed by atoms with Crippen LogP contribution in [0.15, 0.2) is 36.4 Å². The van der Waals surface area contributed by atoms with Gasteiger partial charge in [-0.1, -0.05) is 12.5 Å². The maximum Gasteiger partial charge on any atom is 0.160 e. The first kappa shape index (κ1) is 21.5. The Balaban J connectivity index is 1.99. The molecule has 1 N–H and O–H groups in total. The Bertz CT molecular complexity index is 831. The lowest BCUT2D eigenvalue weighted by atomic mass is 9.83. The summed E-state index contributed by atoms with van der Waals surface area (Å²) >= 11 is 0. The van der Waals surface area contributed by atoms with Gasteiger partial charge in [-0.05, 0) is 68.1 Å². The molecule has 0 aliphatic heterocycles. The Hall–Kier alpha value is -2.20. The fourth-order valence-electron chi connectivity index (χ4n) is 4.64. The first-order chi connectivity index (χ1) is 13.9. The van der Waals surface area contributed by atoms with E-state index in [1.807, 2.05) is 12.1 Å². The number of phenols is 1. The van der Waals surface area contributed by atoms with Crippen molar-refractivity contribution in [3.63, 3.8) is 0 Å². The summed E-state index contributed by atoms with van der Waals surface area (Å²) in [5, 5.41) is 10.3. The van der Waals surface area contributed by atoms with E-state index in [2.05, 4.69) is 45.2 Å². The minimum atomic E-state index is 0.208. The molecular weight excluding hydrogens is 362 g/mol. The zero-order valence-electron chi connectivity index (χ0n) is 18.6. The van der Waals surface area contributed by atoms with E-state index in [0.717, 1.165) is 34.7 Å². The Labute approximate surface area is 175 Å². The highest BCUT2D eigenvalue weighted by Crippen LogP contribution is 2.39. The van der Waals surface area contributed by atoms with Crippen LogP contribution in [-0.2, 0) is 6.42 Å². The molecule has 1 saturated carbocycles. The number of quaternary nitrogens is 1. The van der Waals surface area contributed by atoms with Gasteiger partial charge in [0.15, 0.2) is 11.5 Å². The lowest BCUT2D eigenvalue weighted by Crippen LogP contribution is -2.51. The lowest BCUT2D eigenvalue weighted by molar-refractivity contribution is -0.941. The minimum absolute atomic E-state index is 0.208. The number of methoxy groups -OCH3 is 2. The fraction of sp³-hybridized carbons (Fsp3) is 0.520. The highest BCUT2D eigenvalue weighted by Gasteiger charge is 2.37. The van der Waals surface area contributed by atoms with E-state index in [-0.39, 0.29) is 5.75 Å². The van der Waals surface area contributed by atoms with Crippen molar-refractivity contribution in [1.82, 2.24) is 0 Å². The second kappa shape index (κ2) is 9.08. The lowest BCUT2D eigenvalue weighted by Gasteiger charge is -2.45. The van der Waals surface area contributed by atoms with Gasteiger partial charge in [0.05, 0.1) is 34.4 Å². The summed E-state index contributed by atoms with van der Waals surface area (Å²) in [4.78, 5) is 0. The number of benzene rings is 2. The summed E-state index contributed by atoms with van der Waals surface area (Å²) in [6.07, 6.45) is 4.95. The molecule has 0 unspecified atom stereocenters. The van der Waals surface area contributed by atoms with Gasteiger partial charge in [-0.25, -0.2) is 0 Å². The number of nitrogens with zero attached hydrogens (tertiary/aromatic N) is 1. The van der Waals surface area contributed by atoms with Crippen LogP contribution in [0.2, 0.25) is 0 Å². The standard InChI is InChI=1S/C25H35NO3/c1-6-26(3,17-19-8-7-9-19)23(22-12-11-21(28-4)14-18(22)2)15-20-10-13-25(29-5)24(27)16-20/h10-14,16,19,23H,6-9,15,17H2,1-5H3/p+1/t23-,26-/m0/s1. The number of aryl methyl sites for hydroxylation is 1. The van der Waals surface area contributed by atoms with Crippen LogP contribution < -0.4 is 9.47 Å². The van der Waals surface area contributed by atoms with Crippen molar-refractivity contribution in [2.24, 2.45) is 5.92 Å². The largest absolute Gasteiger partial charge is 0.504 e. The van der Waals surface area contributed by atoms with E-state index < -0.39 is 0 Å². The van der Waals surface area contributed by atoms with Gasteiger partial charge in [0.1, 0.15) is 11.8 Å². The van der Waals surface area contributed by atoms with Gasteiger partial charge in [-0.15, -0.1) is 0 Å². The molecule has 1 fully saturated rings. The van der Waals surface area contributed by atoms with E-state index in [9.17, 15) is 5.11 Å². The van der Waals surface area contributed by atoms with Crippen molar-refractivity contribution in [2.75, 3.05) is 34.4 Å². The summed E-state index contributed by atoms with van der Waals surface area (Å²) < 4.78 is 11.7. The molecule has 1 aliphatic rings. The maximum atomic E-state index is 10.3. The molecule has 0 aromatic heterocycles. The molecule has 158 valence electrons. The van der Waals surface area contributed by atoms with Crippen LogP contribution in [-0.4, -0.2) is 43.9 Å². The monoisotopic (exact) mass is 398 g/mol. The number of rotatable bonds is 9.